The maximum absolute atomic E-state index is 12.1. The largest absolute Gasteiger partial charge is 0.478 e. The minimum atomic E-state index is -1.11. The van der Waals surface area contributed by atoms with Gasteiger partial charge in [0.15, 0.2) is 0 Å². The highest BCUT2D eigenvalue weighted by Crippen LogP contribution is 2.10. The van der Waals surface area contributed by atoms with Crippen LogP contribution in [0.25, 0.3) is 0 Å². The van der Waals surface area contributed by atoms with Gasteiger partial charge in [-0.05, 0) is 25.0 Å². The highest BCUT2D eigenvalue weighted by molar-refractivity contribution is 5.95. The zero-order valence-corrected chi connectivity index (χ0v) is 13.0. The van der Waals surface area contributed by atoms with Gasteiger partial charge in [0.05, 0.1) is 5.56 Å². The first kappa shape index (κ1) is 16.9. The van der Waals surface area contributed by atoms with Crippen LogP contribution in [-0.4, -0.2) is 52.4 Å². The van der Waals surface area contributed by atoms with E-state index in [0.29, 0.717) is 0 Å². The average molecular weight is 319 g/mol. The fourth-order valence-corrected chi connectivity index (χ4v) is 2.54. The van der Waals surface area contributed by atoms with Gasteiger partial charge in [0.2, 0.25) is 5.91 Å². The van der Waals surface area contributed by atoms with Gasteiger partial charge in [-0.3, -0.25) is 14.6 Å². The van der Waals surface area contributed by atoms with Gasteiger partial charge in [-0.1, -0.05) is 12.8 Å². The lowest BCUT2D eigenvalue weighted by Crippen LogP contribution is -2.35. The molecule has 0 bridgehead atoms. The highest BCUT2D eigenvalue weighted by atomic mass is 16.4. The van der Waals surface area contributed by atoms with Crippen LogP contribution in [0.5, 0.6) is 0 Å². The Morgan fingerprint density at radius 3 is 2.52 bits per heavy atom. The normalized spacial score (nSPS) is 14.9. The Morgan fingerprint density at radius 1 is 1.17 bits per heavy atom. The molecule has 124 valence electrons. The second-order valence-electron chi connectivity index (χ2n) is 5.54. The second-order valence-corrected chi connectivity index (χ2v) is 5.54. The van der Waals surface area contributed by atoms with Crippen molar-refractivity contribution in [2.24, 2.45) is 0 Å². The molecule has 0 saturated carbocycles. The van der Waals surface area contributed by atoms with Gasteiger partial charge in [-0.15, -0.1) is 0 Å². The smallest absolute Gasteiger partial charge is 0.335 e. The first-order valence-corrected chi connectivity index (χ1v) is 7.83. The first-order valence-electron chi connectivity index (χ1n) is 7.83. The molecule has 7 heteroatoms. The van der Waals surface area contributed by atoms with E-state index in [0.717, 1.165) is 38.8 Å². The molecule has 1 aromatic heterocycles. The Bertz CT molecular complexity index is 580. The van der Waals surface area contributed by atoms with Crippen molar-refractivity contribution in [3.63, 3.8) is 0 Å². The van der Waals surface area contributed by atoms with Crippen LogP contribution < -0.4 is 5.32 Å². The van der Waals surface area contributed by atoms with Crippen molar-refractivity contribution in [2.75, 3.05) is 19.6 Å². The Morgan fingerprint density at radius 2 is 1.87 bits per heavy atom. The maximum atomic E-state index is 12.1. The summed E-state index contributed by atoms with van der Waals surface area (Å²) >= 11 is 0. The number of pyridine rings is 1. The minimum Gasteiger partial charge on any atom is -0.478 e. The number of rotatable bonds is 5. The van der Waals surface area contributed by atoms with Crippen molar-refractivity contribution in [1.29, 1.82) is 0 Å². The number of carboxylic acid groups (broad SMARTS) is 1. The monoisotopic (exact) mass is 319 g/mol. The van der Waals surface area contributed by atoms with Crippen molar-refractivity contribution in [3.05, 3.63) is 29.6 Å². The average Bonchev–Trinajstić information content (AvgIpc) is 2.84. The number of carbonyl (C=O) groups excluding carboxylic acids is 2. The Balaban J connectivity index is 1.81. The summed E-state index contributed by atoms with van der Waals surface area (Å²) < 4.78 is 0. The molecular formula is C16H21N3O4. The molecule has 1 aliphatic heterocycles. The van der Waals surface area contributed by atoms with Crippen molar-refractivity contribution in [1.82, 2.24) is 15.2 Å². The van der Waals surface area contributed by atoms with E-state index < -0.39 is 11.9 Å². The number of hydrogen-bond donors (Lipinski definition) is 2. The number of likely N-dealkylation sites (tertiary alicyclic amines) is 1. The van der Waals surface area contributed by atoms with Gasteiger partial charge < -0.3 is 15.3 Å². The van der Waals surface area contributed by atoms with E-state index in [4.69, 9.17) is 5.11 Å². The molecule has 1 saturated heterocycles. The number of hydrogen-bond acceptors (Lipinski definition) is 4. The first-order chi connectivity index (χ1) is 11.1. The lowest BCUT2D eigenvalue weighted by Gasteiger charge is -2.20. The summed E-state index contributed by atoms with van der Waals surface area (Å²) in [6.07, 6.45) is 5.90. The maximum Gasteiger partial charge on any atom is 0.335 e. The van der Waals surface area contributed by atoms with Gasteiger partial charge in [0.25, 0.3) is 5.91 Å². The molecule has 1 fully saturated rings. The van der Waals surface area contributed by atoms with E-state index in [-0.39, 0.29) is 30.1 Å². The van der Waals surface area contributed by atoms with Gasteiger partial charge in [-0.25, -0.2) is 4.79 Å². The number of nitrogens with one attached hydrogen (secondary N) is 1. The van der Waals surface area contributed by atoms with E-state index in [1.807, 2.05) is 4.90 Å². The molecular weight excluding hydrogens is 298 g/mol. The molecule has 23 heavy (non-hydrogen) atoms. The number of amides is 2. The molecule has 7 nitrogen and oxygen atoms in total. The summed E-state index contributed by atoms with van der Waals surface area (Å²) in [7, 11) is 0. The summed E-state index contributed by atoms with van der Waals surface area (Å²) in [5.41, 5.74) is 0.0397. The van der Waals surface area contributed by atoms with Crippen LogP contribution in [0.3, 0.4) is 0 Å². The molecule has 0 unspecified atom stereocenters. The molecule has 2 N–H and O–H groups in total. The van der Waals surface area contributed by atoms with Crippen molar-refractivity contribution >= 4 is 17.8 Å². The van der Waals surface area contributed by atoms with E-state index in [2.05, 4.69) is 10.3 Å². The predicted molar refractivity (Wildman–Crippen MR) is 83.2 cm³/mol. The number of carbonyl (C=O) groups is 3. The Labute approximate surface area is 134 Å². The van der Waals surface area contributed by atoms with E-state index >= 15 is 0 Å². The number of nitrogens with zero attached hydrogens (tertiary/aromatic N) is 2. The zero-order valence-electron chi connectivity index (χ0n) is 13.0. The molecule has 2 rings (SSSR count). The lowest BCUT2D eigenvalue weighted by molar-refractivity contribution is -0.131. The van der Waals surface area contributed by atoms with Gasteiger partial charge in [0, 0.05) is 32.3 Å². The number of aromatic carboxylic acids is 1. The van der Waals surface area contributed by atoms with Crippen LogP contribution >= 0.6 is 0 Å². The fourth-order valence-electron chi connectivity index (χ4n) is 2.54. The summed E-state index contributed by atoms with van der Waals surface area (Å²) in [4.78, 5) is 40.6. The van der Waals surface area contributed by atoms with Crippen LogP contribution in [0, 0.1) is 0 Å². The van der Waals surface area contributed by atoms with Crippen LogP contribution in [0.4, 0.5) is 0 Å². The zero-order chi connectivity index (χ0) is 16.7. The van der Waals surface area contributed by atoms with Crippen molar-refractivity contribution in [3.8, 4) is 0 Å². The molecule has 0 radical (unpaired) electrons. The third-order valence-electron chi connectivity index (χ3n) is 3.82. The third kappa shape index (κ3) is 5.05. The van der Waals surface area contributed by atoms with Gasteiger partial charge in [0.1, 0.15) is 5.69 Å². The van der Waals surface area contributed by atoms with Crippen LogP contribution in [0.15, 0.2) is 18.3 Å². The van der Waals surface area contributed by atoms with E-state index in [9.17, 15) is 14.4 Å². The molecule has 0 atom stereocenters. The highest BCUT2D eigenvalue weighted by Gasteiger charge is 2.16. The molecule has 2 heterocycles. The molecule has 1 aromatic rings. The van der Waals surface area contributed by atoms with Gasteiger partial charge in [-0.2, -0.15) is 0 Å². The molecule has 0 aliphatic carbocycles. The number of aromatic nitrogens is 1. The quantitative estimate of drug-likeness (QED) is 0.852. The SMILES string of the molecule is O=C(O)c1ccnc(C(=O)NCCC(=O)N2CCCCCC2)c1. The summed E-state index contributed by atoms with van der Waals surface area (Å²) in [5.74, 6) is -1.55. The van der Waals surface area contributed by atoms with Crippen molar-refractivity contribution < 1.29 is 19.5 Å². The van der Waals surface area contributed by atoms with E-state index in [1.165, 1.54) is 18.3 Å². The molecule has 0 spiro atoms. The van der Waals surface area contributed by atoms with Crippen LogP contribution in [0.2, 0.25) is 0 Å². The fraction of sp³-hybridized carbons (Fsp3) is 0.500. The minimum absolute atomic E-state index is 0.00536. The molecule has 2 amide bonds. The Kier molecular flexibility index (Phi) is 6.08. The molecule has 1 aliphatic rings. The van der Waals surface area contributed by atoms with Crippen molar-refractivity contribution in [2.45, 2.75) is 32.1 Å². The van der Waals surface area contributed by atoms with Crippen LogP contribution in [0.1, 0.15) is 53.0 Å². The standard InChI is InChI=1S/C16H21N3O4/c20-14(19-9-3-1-2-4-10-19)6-8-18-15(21)13-11-12(16(22)23)5-7-17-13/h5,7,11H,1-4,6,8-10H2,(H,18,21)(H,22,23). The summed E-state index contributed by atoms with van der Waals surface area (Å²) in [5, 5.41) is 11.5. The predicted octanol–water partition coefficient (Wildman–Crippen LogP) is 1.30. The second kappa shape index (κ2) is 8.26. The summed E-state index contributed by atoms with van der Waals surface area (Å²) in [6.45, 7) is 1.79. The van der Waals surface area contributed by atoms with Gasteiger partial charge >= 0.3 is 5.97 Å². The van der Waals surface area contributed by atoms with Crippen LogP contribution in [-0.2, 0) is 4.79 Å². The topological polar surface area (TPSA) is 99.6 Å². The molecule has 0 aromatic carbocycles. The Hall–Kier alpha value is -2.44. The van der Waals surface area contributed by atoms with E-state index in [1.54, 1.807) is 0 Å². The lowest BCUT2D eigenvalue weighted by atomic mass is 10.2. The summed E-state index contributed by atoms with van der Waals surface area (Å²) in [6, 6.07) is 2.54. The third-order valence-corrected chi connectivity index (χ3v) is 3.82. The number of carboxylic acids is 1.